The molecule has 2 aromatic heterocycles. The van der Waals surface area contributed by atoms with Crippen molar-refractivity contribution in [3.05, 3.63) is 35.9 Å². The van der Waals surface area contributed by atoms with Crippen LogP contribution in [-0.2, 0) is 10.0 Å². The number of likely N-dealkylation sites (tertiary alicyclic amines) is 1. The number of carbonyl (C=O) groups excluding carboxylic acids is 1. The van der Waals surface area contributed by atoms with Gasteiger partial charge in [-0.3, -0.25) is 9.89 Å². The number of aromatic nitrogens is 2. The topological polar surface area (TPSA) is 108 Å². The van der Waals surface area contributed by atoms with Gasteiger partial charge in [0.25, 0.3) is 15.9 Å². The number of rotatable bonds is 4. The van der Waals surface area contributed by atoms with E-state index in [-0.39, 0.29) is 22.7 Å². The van der Waals surface area contributed by atoms with E-state index in [1.54, 1.807) is 11.1 Å². The number of piperidine rings is 1. The number of hydrogen-bond acceptors (Lipinski definition) is 5. The highest BCUT2D eigenvalue weighted by Gasteiger charge is 2.28. The Morgan fingerprint density at radius 3 is 2.96 bits per heavy atom. The fraction of sp³-hybridized carbons (Fsp3) is 0.429. The lowest BCUT2D eigenvalue weighted by Gasteiger charge is -2.31. The van der Waals surface area contributed by atoms with E-state index in [0.717, 1.165) is 18.5 Å². The molecule has 23 heavy (non-hydrogen) atoms. The molecule has 0 unspecified atom stereocenters. The number of nitrogens with zero attached hydrogens (tertiary/aromatic N) is 2. The average Bonchev–Trinajstić information content (AvgIpc) is 3.26. The number of hydrogen-bond donors (Lipinski definition) is 2. The normalized spacial score (nSPS) is 19.0. The van der Waals surface area contributed by atoms with Crippen molar-refractivity contribution in [1.82, 2.24) is 19.8 Å². The van der Waals surface area contributed by atoms with E-state index in [9.17, 15) is 13.2 Å². The molecule has 1 atom stereocenters. The van der Waals surface area contributed by atoms with Gasteiger partial charge in [0.05, 0.1) is 0 Å². The van der Waals surface area contributed by atoms with Crippen LogP contribution in [0.4, 0.5) is 0 Å². The monoisotopic (exact) mass is 338 g/mol. The van der Waals surface area contributed by atoms with Crippen molar-refractivity contribution in [2.45, 2.75) is 23.9 Å². The van der Waals surface area contributed by atoms with Crippen molar-refractivity contribution in [1.29, 1.82) is 0 Å². The lowest BCUT2D eigenvalue weighted by molar-refractivity contribution is 0.0668. The van der Waals surface area contributed by atoms with E-state index < -0.39 is 10.0 Å². The van der Waals surface area contributed by atoms with E-state index in [1.807, 2.05) is 6.07 Å². The molecule has 8 nitrogen and oxygen atoms in total. The van der Waals surface area contributed by atoms with Gasteiger partial charge in [0.2, 0.25) is 5.09 Å². The number of furan rings is 1. The van der Waals surface area contributed by atoms with Crippen molar-refractivity contribution in [3.63, 3.8) is 0 Å². The highest BCUT2D eigenvalue weighted by molar-refractivity contribution is 7.89. The summed E-state index contributed by atoms with van der Waals surface area (Å²) in [6.45, 7) is 1.17. The molecule has 0 aliphatic carbocycles. The maximum Gasteiger partial charge on any atom is 0.289 e. The number of carbonyl (C=O) groups is 1. The Balaban J connectivity index is 1.75. The summed E-state index contributed by atoms with van der Waals surface area (Å²) in [5.74, 6) is -0.0680. The zero-order chi connectivity index (χ0) is 16.4. The SMILES string of the molecule is CNS(=O)(=O)c1ccc(C(=O)N2CCC[C@H](c3ccn[nH]3)C2)o1. The standard InChI is InChI=1S/C14H18N4O4S/c1-15-23(20,21)13-5-4-12(22-13)14(19)18-8-2-3-10(9-18)11-6-7-16-17-11/h4-7,10,15H,2-3,8-9H2,1H3,(H,16,17)/t10-/m0/s1. The van der Waals surface area contributed by atoms with Crippen molar-refractivity contribution in [2.75, 3.05) is 20.1 Å². The van der Waals surface area contributed by atoms with Gasteiger partial charge in [-0.2, -0.15) is 5.10 Å². The molecule has 124 valence electrons. The lowest BCUT2D eigenvalue weighted by Crippen LogP contribution is -2.39. The first-order valence-corrected chi connectivity index (χ1v) is 8.81. The van der Waals surface area contributed by atoms with E-state index in [1.165, 1.54) is 19.2 Å². The van der Waals surface area contributed by atoms with Crippen molar-refractivity contribution >= 4 is 15.9 Å². The van der Waals surface area contributed by atoms with Gasteiger partial charge < -0.3 is 9.32 Å². The van der Waals surface area contributed by atoms with Crippen molar-refractivity contribution < 1.29 is 17.6 Å². The molecule has 0 saturated carbocycles. The second kappa shape index (κ2) is 6.17. The Labute approximate surface area is 133 Å². The zero-order valence-corrected chi connectivity index (χ0v) is 13.5. The first-order valence-electron chi connectivity index (χ1n) is 7.33. The Kier molecular flexibility index (Phi) is 4.22. The minimum atomic E-state index is -3.69. The largest absolute Gasteiger partial charge is 0.438 e. The van der Waals surface area contributed by atoms with Gasteiger partial charge in [-0.1, -0.05) is 0 Å². The molecule has 2 aromatic rings. The molecule has 0 bridgehead atoms. The predicted molar refractivity (Wildman–Crippen MR) is 81.4 cm³/mol. The Hall–Kier alpha value is -2.13. The minimum Gasteiger partial charge on any atom is -0.438 e. The van der Waals surface area contributed by atoms with Crippen LogP contribution in [0.25, 0.3) is 0 Å². The summed E-state index contributed by atoms with van der Waals surface area (Å²) >= 11 is 0. The Bertz CT molecular complexity index is 782. The molecular formula is C14H18N4O4S. The van der Waals surface area contributed by atoms with Gasteiger partial charge in [-0.15, -0.1) is 0 Å². The third-order valence-corrected chi connectivity index (χ3v) is 5.28. The lowest BCUT2D eigenvalue weighted by atomic mass is 9.95. The Morgan fingerprint density at radius 2 is 2.26 bits per heavy atom. The second-order valence-electron chi connectivity index (χ2n) is 5.43. The summed E-state index contributed by atoms with van der Waals surface area (Å²) in [6, 6.07) is 4.59. The fourth-order valence-corrected chi connectivity index (χ4v) is 3.39. The number of amides is 1. The van der Waals surface area contributed by atoms with Gasteiger partial charge in [-0.05, 0) is 38.1 Å². The molecule has 9 heteroatoms. The van der Waals surface area contributed by atoms with E-state index in [2.05, 4.69) is 14.9 Å². The molecule has 0 radical (unpaired) electrons. The summed E-state index contributed by atoms with van der Waals surface area (Å²) in [5.41, 5.74) is 1.00. The molecule has 2 N–H and O–H groups in total. The quantitative estimate of drug-likeness (QED) is 0.862. The molecule has 1 aliphatic rings. The predicted octanol–water partition coefficient (Wildman–Crippen LogP) is 0.931. The third kappa shape index (κ3) is 3.15. The Morgan fingerprint density at radius 1 is 1.43 bits per heavy atom. The molecule has 1 saturated heterocycles. The molecule has 3 heterocycles. The third-order valence-electron chi connectivity index (χ3n) is 4.00. The molecule has 0 spiro atoms. The second-order valence-corrected chi connectivity index (χ2v) is 7.25. The summed E-state index contributed by atoms with van der Waals surface area (Å²) in [7, 11) is -2.40. The van der Waals surface area contributed by atoms with E-state index >= 15 is 0 Å². The number of nitrogens with one attached hydrogen (secondary N) is 2. The number of aromatic amines is 1. The molecular weight excluding hydrogens is 320 g/mol. The summed E-state index contributed by atoms with van der Waals surface area (Å²) in [5, 5.41) is 6.62. The highest BCUT2D eigenvalue weighted by atomic mass is 32.2. The average molecular weight is 338 g/mol. The van der Waals surface area contributed by atoms with Gasteiger partial charge >= 0.3 is 0 Å². The maximum atomic E-state index is 12.5. The van der Waals surface area contributed by atoms with E-state index in [4.69, 9.17) is 4.42 Å². The smallest absolute Gasteiger partial charge is 0.289 e. The van der Waals surface area contributed by atoms with Crippen molar-refractivity contribution in [2.24, 2.45) is 0 Å². The van der Waals surface area contributed by atoms with Crippen LogP contribution in [0.3, 0.4) is 0 Å². The van der Waals surface area contributed by atoms with Crippen LogP contribution in [0, 0.1) is 0 Å². The van der Waals surface area contributed by atoms with Gasteiger partial charge in [0, 0.05) is 30.9 Å². The molecule has 0 aromatic carbocycles. The van der Waals surface area contributed by atoms with Crippen LogP contribution in [0.5, 0.6) is 0 Å². The van der Waals surface area contributed by atoms with Gasteiger partial charge in [0.15, 0.2) is 5.76 Å². The highest BCUT2D eigenvalue weighted by Crippen LogP contribution is 2.26. The zero-order valence-electron chi connectivity index (χ0n) is 12.7. The van der Waals surface area contributed by atoms with Crippen LogP contribution < -0.4 is 4.72 Å². The maximum absolute atomic E-state index is 12.5. The summed E-state index contributed by atoms with van der Waals surface area (Å²) < 4.78 is 30.7. The van der Waals surface area contributed by atoms with E-state index in [0.29, 0.717) is 13.1 Å². The van der Waals surface area contributed by atoms with Crippen LogP contribution in [0.2, 0.25) is 0 Å². The minimum absolute atomic E-state index is 0.0316. The molecule has 1 aliphatic heterocycles. The van der Waals surface area contributed by atoms with Gasteiger partial charge in [0.1, 0.15) is 0 Å². The summed E-state index contributed by atoms with van der Waals surface area (Å²) in [4.78, 5) is 14.2. The van der Waals surface area contributed by atoms with Crippen LogP contribution in [-0.4, -0.2) is 49.6 Å². The fourth-order valence-electron chi connectivity index (χ4n) is 2.75. The van der Waals surface area contributed by atoms with Crippen LogP contribution in [0.15, 0.2) is 33.9 Å². The number of H-pyrrole nitrogens is 1. The first kappa shape index (κ1) is 15.8. The van der Waals surface area contributed by atoms with Gasteiger partial charge in [-0.25, -0.2) is 13.1 Å². The summed E-state index contributed by atoms with van der Waals surface area (Å²) in [6.07, 6.45) is 3.54. The molecule has 1 amide bonds. The molecule has 1 fully saturated rings. The number of sulfonamides is 1. The van der Waals surface area contributed by atoms with Crippen LogP contribution in [0.1, 0.15) is 35.0 Å². The molecule has 3 rings (SSSR count). The van der Waals surface area contributed by atoms with Crippen molar-refractivity contribution in [3.8, 4) is 0 Å². The van der Waals surface area contributed by atoms with Crippen LogP contribution >= 0.6 is 0 Å². The first-order chi connectivity index (χ1) is 11.0.